The van der Waals surface area contributed by atoms with E-state index in [0.29, 0.717) is 17.6 Å². The summed E-state index contributed by atoms with van der Waals surface area (Å²) in [5, 5.41) is 2.55. The zero-order valence-electron chi connectivity index (χ0n) is 11.6. The smallest absolute Gasteiger partial charge is 0.254 e. The van der Waals surface area contributed by atoms with Crippen LogP contribution in [0.2, 0.25) is 0 Å². The molecule has 0 aliphatic heterocycles. The molecule has 0 aromatic heterocycles. The molecule has 20 heavy (non-hydrogen) atoms. The van der Waals surface area contributed by atoms with E-state index in [4.69, 9.17) is 0 Å². The molecule has 1 aromatic carbocycles. The summed E-state index contributed by atoms with van der Waals surface area (Å²) in [5.41, 5.74) is -0.0327. The molecule has 0 heterocycles. The summed E-state index contributed by atoms with van der Waals surface area (Å²) in [6.45, 7) is 5.28. The number of carbonyl (C=O) groups excluding carboxylic acids is 2. The lowest BCUT2D eigenvalue weighted by molar-refractivity contribution is -0.130. The zero-order chi connectivity index (χ0) is 15.1. The first kappa shape index (κ1) is 16.6. The molecule has 0 aliphatic carbocycles. The Labute approximate surface area is 126 Å². The van der Waals surface area contributed by atoms with E-state index in [-0.39, 0.29) is 24.4 Å². The molecule has 4 nitrogen and oxygen atoms in total. The lowest BCUT2D eigenvalue weighted by Gasteiger charge is -2.18. The van der Waals surface area contributed by atoms with Crippen LogP contribution in [0.25, 0.3) is 0 Å². The van der Waals surface area contributed by atoms with Crippen molar-refractivity contribution in [3.8, 4) is 0 Å². The summed E-state index contributed by atoms with van der Waals surface area (Å²) < 4.78 is 14.1. The summed E-state index contributed by atoms with van der Waals surface area (Å²) >= 11 is 3.19. The maximum absolute atomic E-state index is 13.5. The zero-order valence-corrected chi connectivity index (χ0v) is 13.2. The summed E-state index contributed by atoms with van der Waals surface area (Å²) in [6, 6.07) is 4.16. The van der Waals surface area contributed by atoms with E-state index in [1.165, 1.54) is 18.2 Å². The molecule has 0 bridgehead atoms. The molecule has 0 atom stereocenters. The summed E-state index contributed by atoms with van der Waals surface area (Å²) in [4.78, 5) is 25.2. The third-order valence-corrected chi connectivity index (χ3v) is 3.41. The molecule has 0 fully saturated rings. The first-order valence-corrected chi connectivity index (χ1v) is 7.29. The molecule has 110 valence electrons. The van der Waals surface area contributed by atoms with Gasteiger partial charge >= 0.3 is 0 Å². The second-order valence-electron chi connectivity index (χ2n) is 4.20. The Bertz CT molecular complexity index is 490. The summed E-state index contributed by atoms with van der Waals surface area (Å²) in [5.74, 6) is -1.12. The predicted molar refractivity (Wildman–Crippen MR) is 79.0 cm³/mol. The fourth-order valence-corrected chi connectivity index (χ4v) is 2.15. The van der Waals surface area contributed by atoms with Crippen LogP contribution in [0.3, 0.4) is 0 Å². The first-order chi connectivity index (χ1) is 9.49. The van der Waals surface area contributed by atoms with Gasteiger partial charge in [-0.1, -0.05) is 15.9 Å². The Kier molecular flexibility index (Phi) is 6.64. The van der Waals surface area contributed by atoms with Gasteiger partial charge in [0.05, 0.1) is 5.56 Å². The monoisotopic (exact) mass is 344 g/mol. The Morgan fingerprint density at radius 2 is 1.95 bits per heavy atom. The van der Waals surface area contributed by atoms with Crippen molar-refractivity contribution in [2.45, 2.75) is 20.3 Å². The average Bonchev–Trinajstić information content (AvgIpc) is 2.42. The lowest BCUT2D eigenvalue weighted by atomic mass is 10.2. The van der Waals surface area contributed by atoms with Crippen molar-refractivity contribution < 1.29 is 14.0 Å². The number of hydrogen-bond donors (Lipinski definition) is 1. The molecule has 0 radical (unpaired) electrons. The number of amides is 2. The maximum atomic E-state index is 13.5. The van der Waals surface area contributed by atoms with Gasteiger partial charge in [0.15, 0.2) is 0 Å². The van der Waals surface area contributed by atoms with Crippen LogP contribution in [0.5, 0.6) is 0 Å². The van der Waals surface area contributed by atoms with E-state index in [1.54, 1.807) is 4.90 Å². The van der Waals surface area contributed by atoms with Crippen LogP contribution in [-0.2, 0) is 4.79 Å². The van der Waals surface area contributed by atoms with E-state index in [1.807, 2.05) is 13.8 Å². The number of hydrogen-bond acceptors (Lipinski definition) is 2. The third-order valence-electron chi connectivity index (χ3n) is 2.91. The van der Waals surface area contributed by atoms with E-state index in [0.717, 1.165) is 0 Å². The summed E-state index contributed by atoms with van der Waals surface area (Å²) in [7, 11) is 0. The van der Waals surface area contributed by atoms with Crippen LogP contribution in [0, 0.1) is 5.82 Å². The third kappa shape index (κ3) is 4.59. The highest BCUT2D eigenvalue weighted by Gasteiger charge is 2.13. The van der Waals surface area contributed by atoms with Crippen molar-refractivity contribution in [3.05, 3.63) is 34.1 Å². The van der Waals surface area contributed by atoms with Gasteiger partial charge in [-0.15, -0.1) is 0 Å². The molecule has 0 aliphatic rings. The predicted octanol–water partition coefficient (Wildman–Crippen LogP) is 2.58. The number of carbonyl (C=O) groups is 2. The molecule has 0 spiro atoms. The standard InChI is InChI=1S/C14H18BrFN2O2/c1-3-18(4-2)13(19)7-8-17-14(20)11-9-10(15)5-6-12(11)16/h5-6,9H,3-4,7-8H2,1-2H3,(H,17,20). The van der Waals surface area contributed by atoms with E-state index < -0.39 is 11.7 Å². The van der Waals surface area contributed by atoms with Crippen molar-refractivity contribution in [2.75, 3.05) is 19.6 Å². The minimum Gasteiger partial charge on any atom is -0.351 e. The number of nitrogens with zero attached hydrogens (tertiary/aromatic N) is 1. The highest BCUT2D eigenvalue weighted by atomic mass is 79.9. The molecular weight excluding hydrogens is 327 g/mol. The molecular formula is C14H18BrFN2O2. The number of benzene rings is 1. The van der Waals surface area contributed by atoms with Crippen molar-refractivity contribution >= 4 is 27.7 Å². The number of rotatable bonds is 6. The molecule has 0 saturated carbocycles. The Balaban J connectivity index is 2.52. The van der Waals surface area contributed by atoms with Crippen LogP contribution in [0.1, 0.15) is 30.6 Å². The highest BCUT2D eigenvalue weighted by molar-refractivity contribution is 9.10. The second-order valence-corrected chi connectivity index (χ2v) is 5.11. The van der Waals surface area contributed by atoms with Crippen LogP contribution >= 0.6 is 15.9 Å². The molecule has 1 rings (SSSR count). The average molecular weight is 345 g/mol. The highest BCUT2D eigenvalue weighted by Crippen LogP contribution is 2.15. The van der Waals surface area contributed by atoms with Crippen LogP contribution in [0.4, 0.5) is 4.39 Å². The van der Waals surface area contributed by atoms with Gasteiger partial charge in [0.1, 0.15) is 5.82 Å². The Morgan fingerprint density at radius 3 is 2.55 bits per heavy atom. The molecule has 0 unspecified atom stereocenters. The molecule has 0 saturated heterocycles. The quantitative estimate of drug-likeness (QED) is 0.862. The van der Waals surface area contributed by atoms with Gasteiger partial charge in [0, 0.05) is 30.5 Å². The first-order valence-electron chi connectivity index (χ1n) is 6.50. The second kappa shape index (κ2) is 7.99. The van der Waals surface area contributed by atoms with Gasteiger partial charge in [-0.05, 0) is 32.0 Å². The van der Waals surface area contributed by atoms with Crippen molar-refractivity contribution in [3.63, 3.8) is 0 Å². The lowest BCUT2D eigenvalue weighted by Crippen LogP contribution is -2.34. The fourth-order valence-electron chi connectivity index (χ4n) is 1.78. The van der Waals surface area contributed by atoms with Gasteiger partial charge in [-0.25, -0.2) is 4.39 Å². The van der Waals surface area contributed by atoms with E-state index >= 15 is 0 Å². The topological polar surface area (TPSA) is 49.4 Å². The SMILES string of the molecule is CCN(CC)C(=O)CCNC(=O)c1cc(Br)ccc1F. The Hall–Kier alpha value is -1.43. The van der Waals surface area contributed by atoms with Gasteiger partial charge in [0.25, 0.3) is 5.91 Å². The van der Waals surface area contributed by atoms with Crippen molar-refractivity contribution in [2.24, 2.45) is 0 Å². The molecule has 1 aromatic rings. The van der Waals surface area contributed by atoms with Crippen molar-refractivity contribution in [1.29, 1.82) is 0 Å². The van der Waals surface area contributed by atoms with Gasteiger partial charge in [0.2, 0.25) is 5.91 Å². The van der Waals surface area contributed by atoms with Gasteiger partial charge in [-0.3, -0.25) is 9.59 Å². The van der Waals surface area contributed by atoms with Crippen LogP contribution < -0.4 is 5.32 Å². The summed E-state index contributed by atoms with van der Waals surface area (Å²) in [6.07, 6.45) is 0.211. The van der Waals surface area contributed by atoms with Crippen LogP contribution in [0.15, 0.2) is 22.7 Å². The number of halogens is 2. The number of nitrogens with one attached hydrogen (secondary N) is 1. The van der Waals surface area contributed by atoms with E-state index in [9.17, 15) is 14.0 Å². The fraction of sp³-hybridized carbons (Fsp3) is 0.429. The molecule has 1 N–H and O–H groups in total. The largest absolute Gasteiger partial charge is 0.351 e. The minimum absolute atomic E-state index is 0.0231. The molecule has 6 heteroatoms. The van der Waals surface area contributed by atoms with E-state index in [2.05, 4.69) is 21.2 Å². The van der Waals surface area contributed by atoms with Crippen molar-refractivity contribution in [1.82, 2.24) is 10.2 Å². The molecule has 2 amide bonds. The van der Waals surface area contributed by atoms with Crippen LogP contribution in [-0.4, -0.2) is 36.3 Å². The maximum Gasteiger partial charge on any atom is 0.254 e. The van der Waals surface area contributed by atoms with Gasteiger partial charge in [-0.2, -0.15) is 0 Å². The minimum atomic E-state index is -0.583. The normalized spacial score (nSPS) is 10.2. The van der Waals surface area contributed by atoms with Gasteiger partial charge < -0.3 is 10.2 Å². The Morgan fingerprint density at radius 1 is 1.30 bits per heavy atom.